The number of rotatable bonds is 6. The van der Waals surface area contributed by atoms with Crippen LogP contribution in [0.5, 0.6) is 0 Å². The van der Waals surface area contributed by atoms with Crippen molar-refractivity contribution >= 4 is 34.1 Å². The van der Waals surface area contributed by atoms with Gasteiger partial charge < -0.3 is 10.2 Å². The highest BCUT2D eigenvalue weighted by Gasteiger charge is 2.26. The molecule has 0 saturated carbocycles. The number of halogens is 1. The number of nitrogens with zero attached hydrogens (tertiary/aromatic N) is 4. The molecule has 0 spiro atoms. The number of hydrogen-bond acceptors (Lipinski definition) is 5. The van der Waals surface area contributed by atoms with E-state index in [0.717, 1.165) is 34.7 Å². The summed E-state index contributed by atoms with van der Waals surface area (Å²) in [6.45, 7) is 3.56. The number of anilines is 1. The number of carbonyl (C=O) groups is 2. The van der Waals surface area contributed by atoms with E-state index in [1.54, 1.807) is 9.58 Å². The molecule has 0 aliphatic carbocycles. The zero-order valence-electron chi connectivity index (χ0n) is 20.8. The van der Waals surface area contributed by atoms with Gasteiger partial charge in [0.1, 0.15) is 5.82 Å². The molecule has 1 fully saturated rings. The molecule has 3 aromatic carbocycles. The van der Waals surface area contributed by atoms with Gasteiger partial charge in [-0.25, -0.2) is 4.39 Å². The molecule has 0 unspecified atom stereocenters. The number of hydrogen-bond donors (Lipinski definition) is 1. The third kappa shape index (κ3) is 4.97. The largest absolute Gasteiger partial charge is 0.339 e. The van der Waals surface area contributed by atoms with Crippen molar-refractivity contribution in [2.75, 3.05) is 18.4 Å². The topological polar surface area (TPSA) is 110 Å². The van der Waals surface area contributed by atoms with E-state index in [9.17, 15) is 24.1 Å². The molecule has 2 heterocycles. The first-order valence-corrected chi connectivity index (χ1v) is 12.4. The number of aryl methyl sites for hydroxylation is 1. The van der Waals surface area contributed by atoms with Crippen LogP contribution in [0, 0.1) is 15.9 Å². The lowest BCUT2D eigenvalue weighted by Crippen LogP contribution is -2.38. The number of fused-ring (bicyclic) bond motifs is 1. The van der Waals surface area contributed by atoms with Gasteiger partial charge in [0.2, 0.25) is 0 Å². The number of likely N-dealkylation sites (tertiary alicyclic amines) is 1. The Balaban J connectivity index is 1.21. The van der Waals surface area contributed by atoms with Gasteiger partial charge in [-0.2, -0.15) is 5.10 Å². The minimum absolute atomic E-state index is 0.0215. The third-order valence-electron chi connectivity index (χ3n) is 6.94. The van der Waals surface area contributed by atoms with E-state index in [2.05, 4.69) is 10.4 Å². The average Bonchev–Trinajstić information content (AvgIpc) is 3.32. The number of benzene rings is 3. The average molecular weight is 516 g/mol. The van der Waals surface area contributed by atoms with E-state index >= 15 is 0 Å². The van der Waals surface area contributed by atoms with Crippen LogP contribution >= 0.6 is 0 Å². The molecule has 1 aromatic heterocycles. The molecule has 38 heavy (non-hydrogen) atoms. The number of carbonyl (C=O) groups excluding carboxylic acids is 2. The summed E-state index contributed by atoms with van der Waals surface area (Å²) < 4.78 is 15.6. The van der Waals surface area contributed by atoms with Crippen LogP contribution in [0.4, 0.5) is 15.8 Å². The monoisotopic (exact) mass is 515 g/mol. The molecular weight excluding hydrogens is 489 g/mol. The van der Waals surface area contributed by atoms with E-state index in [1.807, 2.05) is 55.5 Å². The van der Waals surface area contributed by atoms with Gasteiger partial charge in [0.15, 0.2) is 5.69 Å². The summed E-state index contributed by atoms with van der Waals surface area (Å²) in [4.78, 5) is 37.7. The molecule has 5 rings (SSSR count). The van der Waals surface area contributed by atoms with Crippen molar-refractivity contribution in [1.29, 1.82) is 0 Å². The minimum atomic E-state index is -0.809. The van der Waals surface area contributed by atoms with Gasteiger partial charge >= 0.3 is 0 Å². The number of non-ortho nitro benzene ring substituents is 1. The van der Waals surface area contributed by atoms with E-state index in [0.29, 0.717) is 43.9 Å². The van der Waals surface area contributed by atoms with Gasteiger partial charge in [-0.3, -0.25) is 24.4 Å². The summed E-state index contributed by atoms with van der Waals surface area (Å²) in [5.74, 6) is -1.28. The predicted octanol–water partition coefficient (Wildman–Crippen LogP) is 5.38. The number of para-hydroxylation sites is 1. The second-order valence-corrected chi connectivity index (χ2v) is 9.28. The Morgan fingerprint density at radius 2 is 1.79 bits per heavy atom. The number of nitro groups is 1. The van der Waals surface area contributed by atoms with Crippen LogP contribution in [0.1, 0.15) is 52.1 Å². The fourth-order valence-corrected chi connectivity index (χ4v) is 4.97. The second kappa shape index (κ2) is 10.4. The predicted molar refractivity (Wildman–Crippen MR) is 141 cm³/mol. The van der Waals surface area contributed by atoms with E-state index in [-0.39, 0.29) is 17.4 Å². The summed E-state index contributed by atoms with van der Waals surface area (Å²) in [6, 6.07) is 18.2. The van der Waals surface area contributed by atoms with Gasteiger partial charge in [0.25, 0.3) is 17.5 Å². The number of nitro benzene ring substituents is 1. The van der Waals surface area contributed by atoms with Crippen LogP contribution in [0.3, 0.4) is 0 Å². The van der Waals surface area contributed by atoms with Crippen LogP contribution < -0.4 is 5.32 Å². The molecule has 0 bridgehead atoms. The third-order valence-corrected chi connectivity index (χ3v) is 6.94. The van der Waals surface area contributed by atoms with Crippen molar-refractivity contribution in [2.24, 2.45) is 0 Å². The van der Waals surface area contributed by atoms with Crippen LogP contribution in [0.2, 0.25) is 0 Å². The van der Waals surface area contributed by atoms with Crippen LogP contribution in [0.15, 0.2) is 66.7 Å². The van der Waals surface area contributed by atoms with Crippen molar-refractivity contribution < 1.29 is 18.9 Å². The quantitative estimate of drug-likeness (QED) is 0.274. The molecular formula is C28H26FN5O4. The minimum Gasteiger partial charge on any atom is -0.339 e. The van der Waals surface area contributed by atoms with E-state index in [4.69, 9.17) is 0 Å². The Hall–Kier alpha value is -4.60. The molecule has 1 saturated heterocycles. The molecule has 0 radical (unpaired) electrons. The van der Waals surface area contributed by atoms with Crippen LogP contribution in [0.25, 0.3) is 10.9 Å². The molecule has 2 amide bonds. The van der Waals surface area contributed by atoms with Gasteiger partial charge in [0, 0.05) is 42.3 Å². The Morgan fingerprint density at radius 1 is 1.08 bits per heavy atom. The Morgan fingerprint density at radius 3 is 2.47 bits per heavy atom. The SMILES string of the molecule is CCn1nc(C(=O)Nc2ccc(C3CCN(C(=O)c4cc(F)cc([N+](=O)[O-])c4)CC3)cc2)c2ccccc21. The maximum Gasteiger partial charge on any atom is 0.276 e. The first-order chi connectivity index (χ1) is 18.3. The second-order valence-electron chi connectivity index (χ2n) is 9.28. The molecule has 1 aliphatic rings. The fourth-order valence-electron chi connectivity index (χ4n) is 4.97. The standard InChI is InChI=1S/C28H26FN5O4/c1-2-33-25-6-4-3-5-24(25)26(31-33)27(35)30-22-9-7-18(8-10-22)19-11-13-32(14-12-19)28(36)20-15-21(29)17-23(16-20)34(37)38/h3-10,15-17,19H,2,11-14H2,1H3,(H,30,35). The molecule has 1 N–H and O–H groups in total. The van der Waals surface area contributed by atoms with Crippen molar-refractivity contribution in [3.8, 4) is 0 Å². The molecule has 9 nitrogen and oxygen atoms in total. The number of amides is 2. The fraction of sp³-hybridized carbons (Fsp3) is 0.250. The lowest BCUT2D eigenvalue weighted by molar-refractivity contribution is -0.385. The number of nitrogens with one attached hydrogen (secondary N) is 1. The summed E-state index contributed by atoms with van der Waals surface area (Å²) in [7, 11) is 0. The summed E-state index contributed by atoms with van der Waals surface area (Å²) in [6.07, 6.45) is 1.41. The molecule has 4 aromatic rings. The van der Waals surface area contributed by atoms with E-state index < -0.39 is 22.3 Å². The van der Waals surface area contributed by atoms with Crippen molar-refractivity contribution in [2.45, 2.75) is 32.2 Å². The molecule has 0 atom stereocenters. The van der Waals surface area contributed by atoms with Crippen LogP contribution in [-0.2, 0) is 6.54 Å². The van der Waals surface area contributed by atoms with Gasteiger partial charge in [0.05, 0.1) is 16.5 Å². The highest BCUT2D eigenvalue weighted by Crippen LogP contribution is 2.30. The first-order valence-electron chi connectivity index (χ1n) is 12.4. The van der Waals surface area contributed by atoms with Gasteiger partial charge in [-0.1, -0.05) is 30.3 Å². The highest BCUT2D eigenvalue weighted by molar-refractivity contribution is 6.11. The molecule has 1 aliphatic heterocycles. The lowest BCUT2D eigenvalue weighted by atomic mass is 9.89. The Labute approximate surface area is 218 Å². The number of piperidine rings is 1. The lowest BCUT2D eigenvalue weighted by Gasteiger charge is -2.32. The van der Waals surface area contributed by atoms with Gasteiger partial charge in [-0.05, 0) is 55.5 Å². The smallest absolute Gasteiger partial charge is 0.276 e. The van der Waals surface area contributed by atoms with Crippen LogP contribution in [-0.4, -0.2) is 44.5 Å². The zero-order chi connectivity index (χ0) is 26.8. The number of aromatic nitrogens is 2. The van der Waals surface area contributed by atoms with Crippen molar-refractivity contribution in [3.63, 3.8) is 0 Å². The maximum absolute atomic E-state index is 13.8. The normalized spacial score (nSPS) is 14.0. The Kier molecular flexibility index (Phi) is 6.87. The first kappa shape index (κ1) is 25.1. The maximum atomic E-state index is 13.8. The van der Waals surface area contributed by atoms with E-state index in [1.165, 1.54) is 0 Å². The summed E-state index contributed by atoms with van der Waals surface area (Å²) in [5.41, 5.74) is 2.59. The summed E-state index contributed by atoms with van der Waals surface area (Å²) in [5, 5.41) is 19.2. The zero-order valence-corrected chi connectivity index (χ0v) is 20.8. The molecule has 194 valence electrons. The summed E-state index contributed by atoms with van der Waals surface area (Å²) >= 11 is 0. The molecule has 10 heteroatoms. The highest BCUT2D eigenvalue weighted by atomic mass is 19.1. The van der Waals surface area contributed by atoms with Crippen molar-refractivity contribution in [1.82, 2.24) is 14.7 Å². The van der Waals surface area contributed by atoms with Gasteiger partial charge in [-0.15, -0.1) is 0 Å². The Bertz CT molecular complexity index is 1520. The van der Waals surface area contributed by atoms with Crippen molar-refractivity contribution in [3.05, 3.63) is 99.5 Å².